The summed E-state index contributed by atoms with van der Waals surface area (Å²) in [6.07, 6.45) is -2.05. The third-order valence-corrected chi connectivity index (χ3v) is 2.43. The Bertz CT molecular complexity index is 627. The van der Waals surface area contributed by atoms with E-state index in [1.54, 1.807) is 6.07 Å². The van der Waals surface area contributed by atoms with Crippen LogP contribution in [-0.2, 0) is 0 Å². The minimum absolute atomic E-state index is 0.0633. The molecule has 2 N–H and O–H groups in total. The lowest BCUT2D eigenvalue weighted by Crippen LogP contribution is -2.17. The maximum Gasteiger partial charge on any atom is 0.573 e. The normalized spacial score (nSPS) is 11.2. The number of hydrogen-bond donors (Lipinski definition) is 1. The number of halogens is 3. The van der Waals surface area contributed by atoms with E-state index in [9.17, 15) is 18.0 Å². The van der Waals surface area contributed by atoms with Gasteiger partial charge in [0.15, 0.2) is 5.78 Å². The number of anilines is 1. The molecule has 20 heavy (non-hydrogen) atoms. The topological polar surface area (TPSA) is 65.2 Å². The second-order valence-corrected chi connectivity index (χ2v) is 3.87. The molecule has 0 unspecified atom stereocenters. The van der Waals surface area contributed by atoms with Crippen molar-refractivity contribution in [2.45, 2.75) is 6.36 Å². The highest BCUT2D eigenvalue weighted by Crippen LogP contribution is 2.27. The Labute approximate surface area is 112 Å². The number of alkyl halides is 3. The van der Waals surface area contributed by atoms with Gasteiger partial charge in [-0.2, -0.15) is 0 Å². The highest BCUT2D eigenvalue weighted by Gasteiger charge is 2.31. The molecule has 4 nitrogen and oxygen atoms in total. The Kier molecular flexibility index (Phi) is 3.60. The molecule has 0 saturated heterocycles. The smallest absolute Gasteiger partial charge is 0.406 e. The summed E-state index contributed by atoms with van der Waals surface area (Å²) in [5.41, 5.74) is 5.83. The Balaban J connectivity index is 2.36. The van der Waals surface area contributed by atoms with Crippen LogP contribution in [0.4, 0.5) is 18.9 Å². The van der Waals surface area contributed by atoms with Crippen LogP contribution in [0, 0.1) is 0 Å². The number of carbonyl (C=O) groups excluding carboxylic acids is 1. The predicted molar refractivity (Wildman–Crippen MR) is 65.2 cm³/mol. The van der Waals surface area contributed by atoms with Crippen LogP contribution in [0.2, 0.25) is 0 Å². The second kappa shape index (κ2) is 5.20. The van der Waals surface area contributed by atoms with Crippen LogP contribution >= 0.6 is 0 Å². The first kappa shape index (κ1) is 13.9. The number of nitrogens with zero attached hydrogens (tertiary/aromatic N) is 1. The number of pyridine rings is 1. The van der Waals surface area contributed by atoms with Crippen molar-refractivity contribution >= 4 is 11.5 Å². The molecular weight excluding hydrogens is 273 g/mol. The molecule has 0 atom stereocenters. The number of nitrogens with two attached hydrogens (primary N) is 1. The highest BCUT2D eigenvalue weighted by atomic mass is 19.4. The summed E-state index contributed by atoms with van der Waals surface area (Å²) < 4.78 is 40.2. The molecule has 1 heterocycles. The van der Waals surface area contributed by atoms with Gasteiger partial charge in [-0.25, -0.2) is 0 Å². The van der Waals surface area contributed by atoms with Crippen molar-refractivity contribution in [3.63, 3.8) is 0 Å². The van der Waals surface area contributed by atoms with Gasteiger partial charge in [0.2, 0.25) is 0 Å². The van der Waals surface area contributed by atoms with Gasteiger partial charge in [0.05, 0.1) is 0 Å². The summed E-state index contributed by atoms with van der Waals surface area (Å²) >= 11 is 0. The number of hydrogen-bond acceptors (Lipinski definition) is 4. The fourth-order valence-corrected chi connectivity index (χ4v) is 1.58. The molecule has 7 heteroatoms. The zero-order valence-corrected chi connectivity index (χ0v) is 10.0. The first-order chi connectivity index (χ1) is 9.37. The van der Waals surface area contributed by atoms with Gasteiger partial charge in [-0.1, -0.05) is 0 Å². The maximum atomic E-state index is 12.1. The maximum absolute atomic E-state index is 12.1. The van der Waals surface area contributed by atoms with Crippen LogP contribution in [0.15, 0.2) is 42.7 Å². The van der Waals surface area contributed by atoms with Crippen LogP contribution < -0.4 is 10.5 Å². The van der Waals surface area contributed by atoms with Crippen molar-refractivity contribution in [1.82, 2.24) is 4.98 Å². The van der Waals surface area contributed by atoms with E-state index >= 15 is 0 Å². The Morgan fingerprint density at radius 1 is 1.25 bits per heavy atom. The van der Waals surface area contributed by atoms with Crippen LogP contribution in [0.3, 0.4) is 0 Å². The van der Waals surface area contributed by atoms with E-state index in [2.05, 4.69) is 9.72 Å². The van der Waals surface area contributed by atoms with Crippen molar-refractivity contribution in [3.8, 4) is 5.75 Å². The molecule has 2 rings (SSSR count). The van der Waals surface area contributed by atoms with Gasteiger partial charge < -0.3 is 10.5 Å². The SMILES string of the molecule is Nc1ccc(OC(F)(F)F)cc1C(=O)c1cccnc1. The largest absolute Gasteiger partial charge is 0.573 e. The Morgan fingerprint density at radius 3 is 2.60 bits per heavy atom. The van der Waals surface area contributed by atoms with E-state index in [-0.39, 0.29) is 16.8 Å². The zero-order chi connectivity index (χ0) is 14.8. The van der Waals surface area contributed by atoms with Crippen molar-refractivity contribution < 1.29 is 22.7 Å². The lowest BCUT2D eigenvalue weighted by molar-refractivity contribution is -0.274. The van der Waals surface area contributed by atoms with Gasteiger partial charge in [0, 0.05) is 29.2 Å². The van der Waals surface area contributed by atoms with Gasteiger partial charge in [0.25, 0.3) is 0 Å². The zero-order valence-electron chi connectivity index (χ0n) is 10.0. The van der Waals surface area contributed by atoms with E-state index < -0.39 is 17.9 Å². The molecule has 1 aromatic carbocycles. The van der Waals surface area contributed by atoms with Crippen molar-refractivity contribution in [1.29, 1.82) is 0 Å². The molecule has 0 amide bonds. The fraction of sp³-hybridized carbons (Fsp3) is 0.0769. The van der Waals surface area contributed by atoms with Crippen LogP contribution in [0.25, 0.3) is 0 Å². The monoisotopic (exact) mass is 282 g/mol. The summed E-state index contributed by atoms with van der Waals surface area (Å²) in [5.74, 6) is -1.03. The van der Waals surface area contributed by atoms with Gasteiger partial charge in [-0.3, -0.25) is 9.78 Å². The van der Waals surface area contributed by atoms with Gasteiger partial charge in [0.1, 0.15) is 5.75 Å². The number of rotatable bonds is 3. The van der Waals surface area contributed by atoms with Crippen molar-refractivity contribution in [3.05, 3.63) is 53.9 Å². The summed E-state index contributed by atoms with van der Waals surface area (Å²) in [5, 5.41) is 0. The molecule has 1 aromatic heterocycles. The average Bonchev–Trinajstić information content (AvgIpc) is 2.40. The van der Waals surface area contributed by atoms with E-state index in [4.69, 9.17) is 5.73 Å². The van der Waals surface area contributed by atoms with Crippen LogP contribution in [0.5, 0.6) is 5.75 Å². The number of ketones is 1. The van der Waals surface area contributed by atoms with Gasteiger partial charge in [-0.15, -0.1) is 13.2 Å². The number of carbonyl (C=O) groups is 1. The molecule has 0 aliphatic rings. The standard InChI is InChI=1S/C13H9F3N2O2/c14-13(15,16)20-9-3-4-11(17)10(6-9)12(19)8-2-1-5-18-7-8/h1-7H,17H2. The molecule has 104 valence electrons. The summed E-state index contributed by atoms with van der Waals surface area (Å²) in [6.45, 7) is 0. The Morgan fingerprint density at radius 2 is 2.00 bits per heavy atom. The number of benzene rings is 1. The molecule has 0 spiro atoms. The third-order valence-electron chi connectivity index (χ3n) is 2.43. The molecular formula is C13H9F3N2O2. The quantitative estimate of drug-likeness (QED) is 0.694. The summed E-state index contributed by atoms with van der Waals surface area (Å²) in [6, 6.07) is 6.22. The van der Waals surface area contributed by atoms with Gasteiger partial charge >= 0.3 is 6.36 Å². The lowest BCUT2D eigenvalue weighted by atomic mass is 10.0. The molecule has 0 fully saturated rings. The third kappa shape index (κ3) is 3.25. The molecule has 0 radical (unpaired) electrons. The minimum Gasteiger partial charge on any atom is -0.406 e. The lowest BCUT2D eigenvalue weighted by Gasteiger charge is -2.11. The molecule has 2 aromatic rings. The van der Waals surface area contributed by atoms with Crippen molar-refractivity contribution in [2.24, 2.45) is 0 Å². The Hall–Kier alpha value is -2.57. The first-order valence-corrected chi connectivity index (χ1v) is 5.47. The summed E-state index contributed by atoms with van der Waals surface area (Å²) in [7, 11) is 0. The number of nitrogen functional groups attached to an aromatic ring is 1. The van der Waals surface area contributed by atoms with Crippen molar-refractivity contribution in [2.75, 3.05) is 5.73 Å². The number of ether oxygens (including phenoxy) is 1. The van der Waals surface area contributed by atoms with Crippen LogP contribution in [-0.4, -0.2) is 17.1 Å². The van der Waals surface area contributed by atoms with E-state index in [1.165, 1.54) is 24.5 Å². The molecule has 0 aliphatic heterocycles. The molecule has 0 bridgehead atoms. The number of aromatic nitrogens is 1. The summed E-state index contributed by atoms with van der Waals surface area (Å²) in [4.78, 5) is 15.9. The average molecular weight is 282 g/mol. The molecule has 0 saturated carbocycles. The van der Waals surface area contributed by atoms with E-state index in [0.717, 1.165) is 12.1 Å². The minimum atomic E-state index is -4.83. The molecule has 0 aliphatic carbocycles. The fourth-order valence-electron chi connectivity index (χ4n) is 1.58. The van der Waals surface area contributed by atoms with Crippen LogP contribution in [0.1, 0.15) is 15.9 Å². The second-order valence-electron chi connectivity index (χ2n) is 3.87. The predicted octanol–water partition coefficient (Wildman–Crippen LogP) is 2.79. The van der Waals surface area contributed by atoms with Gasteiger partial charge in [-0.05, 0) is 30.3 Å². The van der Waals surface area contributed by atoms with E-state index in [0.29, 0.717) is 0 Å². The van der Waals surface area contributed by atoms with E-state index in [1.807, 2.05) is 0 Å². The highest BCUT2D eigenvalue weighted by molar-refractivity contribution is 6.12. The first-order valence-electron chi connectivity index (χ1n) is 5.47.